The standard InChI is InChI=1S/C52H35N3O/c1-34-24-26-36(27-25-34)39-17-10-21-43(32-39)51-53-50(37-14-6-3-7-15-37)54-52(55-51)44-28-29-46-48(33-44)56-47-23-11-22-45(49(46)47)42-20-9-19-41(31-42)40-18-8-16-38(30-40)35-12-4-2-5-13-35/h2-33H,1H3. The van der Waals surface area contributed by atoms with E-state index < -0.39 is 0 Å². The Morgan fingerprint density at radius 2 is 0.768 bits per heavy atom. The van der Waals surface area contributed by atoms with Gasteiger partial charge in [-0.1, -0.05) is 163 Å². The van der Waals surface area contributed by atoms with Crippen LogP contribution in [0.25, 0.3) is 101 Å². The summed E-state index contributed by atoms with van der Waals surface area (Å²) in [6.07, 6.45) is 0. The van der Waals surface area contributed by atoms with Gasteiger partial charge in [0.15, 0.2) is 17.5 Å². The van der Waals surface area contributed by atoms with Crippen molar-refractivity contribution >= 4 is 21.9 Å². The van der Waals surface area contributed by atoms with Crippen LogP contribution in [0.15, 0.2) is 199 Å². The molecule has 0 aliphatic heterocycles. The molecule has 0 radical (unpaired) electrons. The number of fused-ring (bicyclic) bond motifs is 3. The summed E-state index contributed by atoms with van der Waals surface area (Å²) in [4.78, 5) is 15.1. The molecule has 56 heavy (non-hydrogen) atoms. The van der Waals surface area contributed by atoms with E-state index in [9.17, 15) is 0 Å². The summed E-state index contributed by atoms with van der Waals surface area (Å²) in [7, 11) is 0. The molecular formula is C52H35N3O. The summed E-state index contributed by atoms with van der Waals surface area (Å²) in [6.45, 7) is 2.10. The van der Waals surface area contributed by atoms with E-state index in [1.54, 1.807) is 0 Å². The first kappa shape index (κ1) is 33.2. The highest BCUT2D eigenvalue weighted by atomic mass is 16.3. The maximum atomic E-state index is 6.59. The molecule has 8 aromatic carbocycles. The molecule has 10 aromatic rings. The number of aryl methyl sites for hydroxylation is 1. The Balaban J connectivity index is 1.05. The van der Waals surface area contributed by atoms with Gasteiger partial charge in [0.25, 0.3) is 0 Å². The van der Waals surface area contributed by atoms with Gasteiger partial charge in [-0.15, -0.1) is 0 Å². The third-order valence-electron chi connectivity index (χ3n) is 10.4. The zero-order valence-corrected chi connectivity index (χ0v) is 30.7. The molecule has 0 saturated heterocycles. The van der Waals surface area contributed by atoms with Gasteiger partial charge in [0, 0.05) is 27.5 Å². The van der Waals surface area contributed by atoms with Crippen molar-refractivity contribution in [3.05, 3.63) is 200 Å². The van der Waals surface area contributed by atoms with Crippen LogP contribution in [-0.2, 0) is 0 Å². The molecule has 0 unspecified atom stereocenters. The van der Waals surface area contributed by atoms with E-state index in [0.717, 1.165) is 66.4 Å². The van der Waals surface area contributed by atoms with Gasteiger partial charge in [0.05, 0.1) is 0 Å². The molecule has 4 heteroatoms. The minimum atomic E-state index is 0.586. The van der Waals surface area contributed by atoms with Crippen molar-refractivity contribution in [1.82, 2.24) is 15.0 Å². The molecule has 0 saturated carbocycles. The number of furan rings is 1. The fraction of sp³-hybridized carbons (Fsp3) is 0.0192. The average Bonchev–Trinajstić information content (AvgIpc) is 3.66. The Morgan fingerprint density at radius 1 is 0.321 bits per heavy atom. The van der Waals surface area contributed by atoms with Crippen LogP contribution in [0.1, 0.15) is 5.56 Å². The van der Waals surface area contributed by atoms with Crippen LogP contribution in [0, 0.1) is 6.92 Å². The predicted octanol–water partition coefficient (Wildman–Crippen LogP) is 13.7. The SMILES string of the molecule is Cc1ccc(-c2cccc(-c3nc(-c4ccccc4)nc(-c4ccc5c(c4)oc4cccc(-c6cccc(-c7cccc(-c8ccccc8)c7)c6)c45)n3)c2)cc1. The molecule has 0 amide bonds. The van der Waals surface area contributed by atoms with E-state index >= 15 is 0 Å². The lowest BCUT2D eigenvalue weighted by molar-refractivity contribution is 0.669. The summed E-state index contributed by atoms with van der Waals surface area (Å²) in [5.41, 5.74) is 14.8. The minimum Gasteiger partial charge on any atom is -0.456 e. The first-order valence-electron chi connectivity index (χ1n) is 18.8. The second kappa shape index (κ2) is 14.1. The van der Waals surface area contributed by atoms with Gasteiger partial charge in [0.2, 0.25) is 0 Å². The Bertz CT molecular complexity index is 3020. The summed E-state index contributed by atoms with van der Waals surface area (Å²) in [6, 6.07) is 67.7. The van der Waals surface area contributed by atoms with Gasteiger partial charge in [-0.25, -0.2) is 15.0 Å². The number of benzene rings is 8. The zero-order valence-electron chi connectivity index (χ0n) is 30.7. The van der Waals surface area contributed by atoms with E-state index in [0.29, 0.717) is 17.5 Å². The lowest BCUT2D eigenvalue weighted by Gasteiger charge is -2.10. The number of rotatable bonds is 7. The number of nitrogens with zero attached hydrogens (tertiary/aromatic N) is 3. The second-order valence-corrected chi connectivity index (χ2v) is 14.1. The molecule has 264 valence electrons. The third kappa shape index (κ3) is 6.33. The summed E-state index contributed by atoms with van der Waals surface area (Å²) in [5.74, 6) is 1.82. The van der Waals surface area contributed by atoms with Crippen molar-refractivity contribution in [3.63, 3.8) is 0 Å². The Labute approximate surface area is 325 Å². The molecule has 0 atom stereocenters. The van der Waals surface area contributed by atoms with Crippen LogP contribution < -0.4 is 0 Å². The highest BCUT2D eigenvalue weighted by Gasteiger charge is 2.17. The third-order valence-corrected chi connectivity index (χ3v) is 10.4. The summed E-state index contributed by atoms with van der Waals surface area (Å²) < 4.78 is 6.59. The maximum Gasteiger partial charge on any atom is 0.164 e. The van der Waals surface area contributed by atoms with Crippen molar-refractivity contribution < 1.29 is 4.42 Å². The summed E-state index contributed by atoms with van der Waals surface area (Å²) in [5, 5.41) is 2.12. The topological polar surface area (TPSA) is 51.8 Å². The smallest absolute Gasteiger partial charge is 0.164 e. The highest BCUT2D eigenvalue weighted by molar-refractivity contribution is 6.13. The van der Waals surface area contributed by atoms with Crippen molar-refractivity contribution in [2.45, 2.75) is 6.92 Å². The molecular weight excluding hydrogens is 683 g/mol. The van der Waals surface area contributed by atoms with Crippen molar-refractivity contribution in [3.8, 4) is 78.7 Å². The average molecular weight is 718 g/mol. The van der Waals surface area contributed by atoms with Crippen LogP contribution in [0.5, 0.6) is 0 Å². The molecule has 0 bridgehead atoms. The minimum absolute atomic E-state index is 0.586. The van der Waals surface area contributed by atoms with E-state index in [4.69, 9.17) is 19.4 Å². The van der Waals surface area contributed by atoms with Gasteiger partial charge in [-0.2, -0.15) is 0 Å². The lowest BCUT2D eigenvalue weighted by atomic mass is 9.94. The fourth-order valence-electron chi connectivity index (χ4n) is 7.51. The van der Waals surface area contributed by atoms with Crippen LogP contribution >= 0.6 is 0 Å². The molecule has 2 aromatic heterocycles. The molecule has 0 spiro atoms. The van der Waals surface area contributed by atoms with E-state index in [1.807, 2.05) is 36.4 Å². The number of aromatic nitrogens is 3. The van der Waals surface area contributed by atoms with Crippen LogP contribution in [0.3, 0.4) is 0 Å². The quantitative estimate of drug-likeness (QED) is 0.165. The van der Waals surface area contributed by atoms with Crippen molar-refractivity contribution in [1.29, 1.82) is 0 Å². The molecule has 2 heterocycles. The zero-order chi connectivity index (χ0) is 37.4. The fourth-order valence-corrected chi connectivity index (χ4v) is 7.51. The molecule has 0 aliphatic rings. The second-order valence-electron chi connectivity index (χ2n) is 14.1. The molecule has 4 nitrogen and oxygen atoms in total. The first-order chi connectivity index (χ1) is 27.6. The largest absolute Gasteiger partial charge is 0.456 e. The first-order valence-corrected chi connectivity index (χ1v) is 18.8. The summed E-state index contributed by atoms with van der Waals surface area (Å²) >= 11 is 0. The number of hydrogen-bond donors (Lipinski definition) is 0. The van der Waals surface area contributed by atoms with Gasteiger partial charge in [-0.3, -0.25) is 0 Å². The van der Waals surface area contributed by atoms with Gasteiger partial charge >= 0.3 is 0 Å². The highest BCUT2D eigenvalue weighted by Crippen LogP contribution is 2.39. The monoisotopic (exact) mass is 717 g/mol. The van der Waals surface area contributed by atoms with E-state index in [-0.39, 0.29) is 0 Å². The Kier molecular flexibility index (Phi) is 8.34. The van der Waals surface area contributed by atoms with Crippen molar-refractivity contribution in [2.75, 3.05) is 0 Å². The lowest BCUT2D eigenvalue weighted by Crippen LogP contribution is -2.00. The van der Waals surface area contributed by atoms with Crippen LogP contribution in [-0.4, -0.2) is 15.0 Å². The predicted molar refractivity (Wildman–Crippen MR) is 230 cm³/mol. The molecule has 10 rings (SSSR count). The maximum absolute atomic E-state index is 6.59. The molecule has 0 aliphatic carbocycles. The van der Waals surface area contributed by atoms with Crippen molar-refractivity contribution in [2.24, 2.45) is 0 Å². The van der Waals surface area contributed by atoms with E-state index in [2.05, 4.69) is 165 Å². The van der Waals surface area contributed by atoms with Crippen LogP contribution in [0.2, 0.25) is 0 Å². The number of hydrogen-bond acceptors (Lipinski definition) is 4. The van der Waals surface area contributed by atoms with Gasteiger partial charge in [-0.05, 0) is 87.8 Å². The molecule has 0 N–H and O–H groups in total. The van der Waals surface area contributed by atoms with Crippen LogP contribution in [0.4, 0.5) is 0 Å². The van der Waals surface area contributed by atoms with E-state index in [1.165, 1.54) is 22.3 Å². The Morgan fingerprint density at radius 3 is 1.43 bits per heavy atom. The normalized spacial score (nSPS) is 11.3. The Hall–Kier alpha value is -7.43. The van der Waals surface area contributed by atoms with Gasteiger partial charge in [0.1, 0.15) is 11.2 Å². The molecule has 0 fully saturated rings. The van der Waals surface area contributed by atoms with Gasteiger partial charge < -0.3 is 4.42 Å².